The Balaban J connectivity index is 1.75. The van der Waals surface area contributed by atoms with Crippen LogP contribution in [0.15, 0.2) is 78.9 Å². The maximum atomic E-state index is 3.68. The average molecular weight is 284 g/mol. The van der Waals surface area contributed by atoms with Gasteiger partial charge in [-0.25, -0.2) is 0 Å². The molecular formula is C20H16N2. The van der Waals surface area contributed by atoms with Gasteiger partial charge in [0, 0.05) is 5.56 Å². The first-order chi connectivity index (χ1) is 10.9. The minimum Gasteiger partial charge on any atom is -0.360 e. The second-order valence-corrected chi connectivity index (χ2v) is 5.91. The summed E-state index contributed by atoms with van der Waals surface area (Å²) in [6.07, 6.45) is 0.235. The van der Waals surface area contributed by atoms with Crippen LogP contribution in [0.25, 0.3) is 0 Å². The molecular weight excluding hydrogens is 268 g/mol. The molecule has 2 aliphatic rings. The van der Waals surface area contributed by atoms with Gasteiger partial charge in [-0.05, 0) is 23.3 Å². The predicted molar refractivity (Wildman–Crippen MR) is 90.0 cm³/mol. The van der Waals surface area contributed by atoms with Crippen molar-refractivity contribution in [2.75, 3.05) is 10.2 Å². The molecule has 0 aromatic heterocycles. The first kappa shape index (κ1) is 11.9. The van der Waals surface area contributed by atoms with Gasteiger partial charge in [0.05, 0.1) is 17.4 Å². The molecule has 0 amide bonds. The molecule has 22 heavy (non-hydrogen) atoms. The van der Waals surface area contributed by atoms with Crippen molar-refractivity contribution in [3.05, 3.63) is 95.6 Å². The molecule has 2 nitrogen and oxygen atoms in total. The van der Waals surface area contributed by atoms with E-state index in [0.717, 1.165) is 0 Å². The Morgan fingerprint density at radius 2 is 1.36 bits per heavy atom. The van der Waals surface area contributed by atoms with E-state index in [0.29, 0.717) is 0 Å². The monoisotopic (exact) mass is 284 g/mol. The lowest BCUT2D eigenvalue weighted by Crippen LogP contribution is -2.25. The van der Waals surface area contributed by atoms with Gasteiger partial charge in [0.25, 0.3) is 0 Å². The van der Waals surface area contributed by atoms with Crippen molar-refractivity contribution in [3.63, 3.8) is 0 Å². The summed E-state index contributed by atoms with van der Waals surface area (Å²) in [5, 5.41) is 3.68. The molecule has 2 heteroatoms. The molecule has 0 aliphatic carbocycles. The molecule has 3 aromatic rings. The molecule has 0 radical (unpaired) electrons. The summed E-state index contributed by atoms with van der Waals surface area (Å²) in [7, 11) is 0. The number of benzene rings is 3. The molecule has 2 atom stereocenters. The average Bonchev–Trinajstić information content (AvgIpc) is 3.10. The first-order valence-electron chi connectivity index (χ1n) is 7.71. The molecule has 1 N–H and O–H groups in total. The van der Waals surface area contributed by atoms with Crippen LogP contribution in [-0.4, -0.2) is 0 Å². The number of hydrogen-bond donors (Lipinski definition) is 1. The van der Waals surface area contributed by atoms with Crippen molar-refractivity contribution in [3.8, 4) is 0 Å². The van der Waals surface area contributed by atoms with Crippen LogP contribution >= 0.6 is 0 Å². The number of para-hydroxylation sites is 2. The smallest absolute Gasteiger partial charge is 0.127 e. The van der Waals surface area contributed by atoms with Gasteiger partial charge in [-0.3, -0.25) is 0 Å². The Labute approximate surface area is 130 Å². The van der Waals surface area contributed by atoms with Gasteiger partial charge in [-0.15, -0.1) is 0 Å². The number of fused-ring (bicyclic) bond motifs is 5. The zero-order valence-electron chi connectivity index (χ0n) is 12.1. The number of hydrogen-bond acceptors (Lipinski definition) is 2. The highest BCUT2D eigenvalue weighted by Gasteiger charge is 2.43. The van der Waals surface area contributed by atoms with Crippen LogP contribution in [0.2, 0.25) is 0 Å². The number of nitrogens with zero attached hydrogens (tertiary/aromatic N) is 1. The molecule has 0 saturated heterocycles. The molecule has 0 bridgehead atoms. The Morgan fingerprint density at radius 1 is 0.682 bits per heavy atom. The summed E-state index contributed by atoms with van der Waals surface area (Å²) < 4.78 is 0. The highest BCUT2D eigenvalue weighted by molar-refractivity contribution is 5.80. The van der Waals surface area contributed by atoms with Gasteiger partial charge in [0.2, 0.25) is 0 Å². The van der Waals surface area contributed by atoms with Crippen molar-refractivity contribution in [2.24, 2.45) is 0 Å². The summed E-state index contributed by atoms with van der Waals surface area (Å²) in [6, 6.07) is 28.4. The van der Waals surface area contributed by atoms with Crippen LogP contribution in [-0.2, 0) is 0 Å². The van der Waals surface area contributed by atoms with Gasteiger partial charge in [0.15, 0.2) is 0 Å². The molecule has 3 aromatic carbocycles. The third-order valence-electron chi connectivity index (χ3n) is 4.73. The summed E-state index contributed by atoms with van der Waals surface area (Å²) in [4.78, 5) is 2.51. The van der Waals surface area contributed by atoms with Crippen molar-refractivity contribution in [1.29, 1.82) is 0 Å². The highest BCUT2D eigenvalue weighted by atomic mass is 15.4. The van der Waals surface area contributed by atoms with E-state index in [1.165, 1.54) is 28.1 Å². The van der Waals surface area contributed by atoms with Crippen molar-refractivity contribution in [2.45, 2.75) is 12.2 Å². The lowest BCUT2D eigenvalue weighted by Gasteiger charge is -2.27. The highest BCUT2D eigenvalue weighted by Crippen LogP contribution is 2.53. The maximum Gasteiger partial charge on any atom is 0.127 e. The van der Waals surface area contributed by atoms with E-state index >= 15 is 0 Å². The zero-order chi connectivity index (χ0) is 14.5. The van der Waals surface area contributed by atoms with Crippen molar-refractivity contribution in [1.82, 2.24) is 0 Å². The number of nitrogens with one attached hydrogen (secondary N) is 1. The molecule has 2 unspecified atom stereocenters. The Kier molecular flexibility index (Phi) is 2.36. The number of anilines is 2. The fourth-order valence-electron chi connectivity index (χ4n) is 3.83. The summed E-state index contributed by atoms with van der Waals surface area (Å²) in [6.45, 7) is 0. The second kappa shape index (κ2) is 4.38. The van der Waals surface area contributed by atoms with Crippen molar-refractivity contribution < 1.29 is 0 Å². The third-order valence-corrected chi connectivity index (χ3v) is 4.73. The summed E-state index contributed by atoms with van der Waals surface area (Å²) in [5.74, 6) is 0. The standard InChI is InChI=1S/C20H16N2/c1-2-8-14(9-3-1)19-15-10-4-5-11-16(15)20-21-17-12-6-7-13-18(17)22(19)20/h1-13,19-21H. The molecule has 2 aliphatic heterocycles. The lowest BCUT2D eigenvalue weighted by molar-refractivity contribution is 0.713. The minimum atomic E-state index is 0.235. The van der Waals surface area contributed by atoms with Crippen LogP contribution in [0.1, 0.15) is 28.9 Å². The van der Waals surface area contributed by atoms with Crippen molar-refractivity contribution >= 4 is 11.4 Å². The van der Waals surface area contributed by atoms with E-state index in [1.54, 1.807) is 0 Å². The predicted octanol–water partition coefficient (Wildman–Crippen LogP) is 4.72. The van der Waals surface area contributed by atoms with Gasteiger partial charge < -0.3 is 10.2 Å². The van der Waals surface area contributed by atoms with Gasteiger partial charge >= 0.3 is 0 Å². The van der Waals surface area contributed by atoms with Gasteiger partial charge in [-0.1, -0.05) is 66.7 Å². The lowest BCUT2D eigenvalue weighted by atomic mass is 9.97. The van der Waals surface area contributed by atoms with Crippen LogP contribution in [0.3, 0.4) is 0 Å². The fourth-order valence-corrected chi connectivity index (χ4v) is 3.83. The Bertz CT molecular complexity index is 841. The van der Waals surface area contributed by atoms with E-state index in [9.17, 15) is 0 Å². The third kappa shape index (κ3) is 1.49. The summed E-state index contributed by atoms with van der Waals surface area (Å²) >= 11 is 0. The molecule has 106 valence electrons. The summed E-state index contributed by atoms with van der Waals surface area (Å²) in [5.41, 5.74) is 6.64. The van der Waals surface area contributed by atoms with E-state index in [1.807, 2.05) is 0 Å². The minimum absolute atomic E-state index is 0.235. The van der Waals surface area contributed by atoms with Crippen LogP contribution in [0.4, 0.5) is 11.4 Å². The van der Waals surface area contributed by atoms with E-state index in [-0.39, 0.29) is 12.2 Å². The van der Waals surface area contributed by atoms with Gasteiger partial charge in [0.1, 0.15) is 6.17 Å². The molecule has 5 rings (SSSR count). The van der Waals surface area contributed by atoms with E-state index in [4.69, 9.17) is 0 Å². The Hall–Kier alpha value is -2.74. The fraction of sp³-hybridized carbons (Fsp3) is 0.100. The topological polar surface area (TPSA) is 15.3 Å². The second-order valence-electron chi connectivity index (χ2n) is 5.91. The van der Waals surface area contributed by atoms with Crippen LogP contribution < -0.4 is 10.2 Å². The maximum absolute atomic E-state index is 3.68. The van der Waals surface area contributed by atoms with Crippen LogP contribution in [0.5, 0.6) is 0 Å². The SMILES string of the molecule is c1ccc(C2c3ccccc3C3Nc4ccccc4N32)cc1. The van der Waals surface area contributed by atoms with E-state index in [2.05, 4.69) is 89.1 Å². The molecule has 0 spiro atoms. The molecule has 2 heterocycles. The van der Waals surface area contributed by atoms with Gasteiger partial charge in [-0.2, -0.15) is 0 Å². The molecule has 0 saturated carbocycles. The zero-order valence-corrected chi connectivity index (χ0v) is 12.1. The quantitative estimate of drug-likeness (QED) is 0.695. The first-order valence-corrected chi connectivity index (χ1v) is 7.71. The normalized spacial score (nSPS) is 21.0. The van der Waals surface area contributed by atoms with Crippen LogP contribution in [0, 0.1) is 0 Å². The number of rotatable bonds is 1. The van der Waals surface area contributed by atoms with E-state index < -0.39 is 0 Å². The molecule has 0 fully saturated rings. The largest absolute Gasteiger partial charge is 0.360 e. The Morgan fingerprint density at radius 3 is 2.23 bits per heavy atom.